The van der Waals surface area contributed by atoms with Crippen LogP contribution in [0.15, 0.2) is 45.6 Å². The summed E-state index contributed by atoms with van der Waals surface area (Å²) in [6.45, 7) is 0. The topological polar surface area (TPSA) is 12.9 Å². The van der Waals surface area contributed by atoms with E-state index in [1.54, 1.807) is 12.1 Å². The Morgan fingerprint density at radius 2 is 1.72 bits per heavy atom. The van der Waals surface area contributed by atoms with Gasteiger partial charge >= 0.3 is 6.18 Å². The Kier molecular flexibility index (Phi) is 3.77. The van der Waals surface area contributed by atoms with Gasteiger partial charge in [-0.3, -0.25) is 0 Å². The van der Waals surface area contributed by atoms with Gasteiger partial charge in [0.1, 0.15) is 4.60 Å². The molecule has 1 aromatic carbocycles. The van der Waals surface area contributed by atoms with Crippen LogP contribution < -0.4 is 0 Å². The van der Waals surface area contributed by atoms with Gasteiger partial charge in [0.2, 0.25) is 0 Å². The first-order valence-corrected chi connectivity index (χ1v) is 6.46. The van der Waals surface area contributed by atoms with Crippen molar-refractivity contribution in [3.8, 4) is 11.1 Å². The molecule has 1 aromatic heterocycles. The van der Waals surface area contributed by atoms with Crippen molar-refractivity contribution < 1.29 is 13.2 Å². The van der Waals surface area contributed by atoms with Crippen molar-refractivity contribution in [1.29, 1.82) is 0 Å². The van der Waals surface area contributed by atoms with Crippen molar-refractivity contribution in [2.75, 3.05) is 0 Å². The van der Waals surface area contributed by atoms with Crippen LogP contribution in [0.4, 0.5) is 13.2 Å². The Hall–Kier alpha value is -0.880. The second kappa shape index (κ2) is 5.01. The average Bonchev–Trinajstić information content (AvgIpc) is 2.32. The van der Waals surface area contributed by atoms with Gasteiger partial charge in [-0.05, 0) is 49.6 Å². The zero-order valence-electron chi connectivity index (χ0n) is 8.80. The normalized spacial score (nSPS) is 11.6. The van der Waals surface area contributed by atoms with Crippen LogP contribution in [0.3, 0.4) is 0 Å². The molecule has 0 radical (unpaired) electrons. The third kappa shape index (κ3) is 2.75. The summed E-state index contributed by atoms with van der Waals surface area (Å²) in [4.78, 5) is 3.98. The Morgan fingerprint density at radius 3 is 2.33 bits per heavy atom. The summed E-state index contributed by atoms with van der Waals surface area (Å²) in [5, 5.41) is 0. The summed E-state index contributed by atoms with van der Waals surface area (Å²) < 4.78 is 39.8. The first-order chi connectivity index (χ1) is 8.39. The number of hydrogen-bond acceptors (Lipinski definition) is 1. The SMILES string of the molecule is FC(F)(F)c1ccccc1-c1cnc(Br)c(Br)c1. The van der Waals surface area contributed by atoms with Crippen molar-refractivity contribution in [2.45, 2.75) is 6.18 Å². The van der Waals surface area contributed by atoms with Crippen LogP contribution in [0, 0.1) is 0 Å². The fraction of sp³-hybridized carbons (Fsp3) is 0.0833. The lowest BCUT2D eigenvalue weighted by molar-refractivity contribution is -0.137. The van der Waals surface area contributed by atoms with E-state index in [0.29, 0.717) is 14.6 Å². The minimum absolute atomic E-state index is 0.116. The molecule has 94 valence electrons. The molecule has 2 aromatic rings. The second-order valence-corrected chi connectivity index (χ2v) is 5.15. The molecule has 0 saturated heterocycles. The number of alkyl halides is 3. The standard InChI is InChI=1S/C12H6Br2F3N/c13-10-5-7(6-18-11(10)14)8-3-1-2-4-9(8)12(15,16)17/h1-6H. The summed E-state index contributed by atoms with van der Waals surface area (Å²) >= 11 is 6.41. The Labute approximate surface area is 118 Å². The zero-order valence-corrected chi connectivity index (χ0v) is 12.0. The monoisotopic (exact) mass is 379 g/mol. The summed E-state index contributed by atoms with van der Waals surface area (Å²) in [7, 11) is 0. The Balaban J connectivity index is 2.61. The maximum absolute atomic E-state index is 12.9. The molecule has 0 aliphatic carbocycles. The molecule has 0 N–H and O–H groups in total. The van der Waals surface area contributed by atoms with Crippen LogP contribution in [0.1, 0.15) is 5.56 Å². The molecule has 0 amide bonds. The molecular formula is C12H6Br2F3N. The summed E-state index contributed by atoms with van der Waals surface area (Å²) in [5.74, 6) is 0. The molecule has 18 heavy (non-hydrogen) atoms. The van der Waals surface area contributed by atoms with E-state index in [4.69, 9.17) is 0 Å². The van der Waals surface area contributed by atoms with Crippen molar-refractivity contribution >= 4 is 31.9 Å². The molecule has 1 nitrogen and oxygen atoms in total. The van der Waals surface area contributed by atoms with Gasteiger partial charge in [-0.15, -0.1) is 0 Å². The van der Waals surface area contributed by atoms with Crippen LogP contribution in [0.2, 0.25) is 0 Å². The quantitative estimate of drug-likeness (QED) is 0.612. The van der Waals surface area contributed by atoms with Gasteiger partial charge < -0.3 is 0 Å². The molecular weight excluding hydrogens is 375 g/mol. The number of halogens is 5. The third-order valence-electron chi connectivity index (χ3n) is 2.34. The first-order valence-electron chi connectivity index (χ1n) is 4.87. The van der Waals surface area contributed by atoms with E-state index < -0.39 is 11.7 Å². The van der Waals surface area contributed by atoms with E-state index in [9.17, 15) is 13.2 Å². The molecule has 0 aliphatic heterocycles. The number of benzene rings is 1. The van der Waals surface area contributed by atoms with Crippen molar-refractivity contribution in [3.05, 3.63) is 51.2 Å². The molecule has 0 fully saturated rings. The van der Waals surface area contributed by atoms with E-state index in [-0.39, 0.29) is 5.56 Å². The summed E-state index contributed by atoms with van der Waals surface area (Å²) in [6.07, 6.45) is -2.98. The van der Waals surface area contributed by atoms with Gasteiger partial charge in [0, 0.05) is 11.8 Å². The lowest BCUT2D eigenvalue weighted by atomic mass is 10.0. The highest BCUT2D eigenvalue weighted by molar-refractivity contribution is 9.13. The van der Waals surface area contributed by atoms with Gasteiger partial charge in [-0.2, -0.15) is 13.2 Å². The van der Waals surface area contributed by atoms with Crippen LogP contribution >= 0.6 is 31.9 Å². The van der Waals surface area contributed by atoms with Crippen molar-refractivity contribution in [2.24, 2.45) is 0 Å². The maximum Gasteiger partial charge on any atom is 0.417 e. The number of nitrogens with zero attached hydrogens (tertiary/aromatic N) is 1. The zero-order chi connectivity index (χ0) is 13.3. The summed E-state index contributed by atoms with van der Waals surface area (Å²) in [6, 6.07) is 7.03. The Bertz CT molecular complexity index is 582. The van der Waals surface area contributed by atoms with Crippen molar-refractivity contribution in [3.63, 3.8) is 0 Å². The fourth-order valence-corrected chi connectivity index (χ4v) is 2.12. The van der Waals surface area contributed by atoms with Gasteiger partial charge in [0.15, 0.2) is 0 Å². The molecule has 1 heterocycles. The van der Waals surface area contributed by atoms with Gasteiger partial charge in [0.25, 0.3) is 0 Å². The van der Waals surface area contributed by atoms with E-state index in [0.717, 1.165) is 6.07 Å². The predicted molar refractivity (Wildman–Crippen MR) is 70.1 cm³/mol. The molecule has 0 bridgehead atoms. The third-order valence-corrected chi connectivity index (χ3v) is 4.11. The smallest absolute Gasteiger partial charge is 0.248 e. The predicted octanol–water partition coefficient (Wildman–Crippen LogP) is 5.29. The van der Waals surface area contributed by atoms with Crippen LogP contribution in [-0.2, 0) is 6.18 Å². The minimum atomic E-state index is -4.38. The van der Waals surface area contributed by atoms with Gasteiger partial charge in [0.05, 0.1) is 10.0 Å². The van der Waals surface area contributed by atoms with Crippen LogP contribution in [-0.4, -0.2) is 4.98 Å². The molecule has 0 unspecified atom stereocenters. The van der Waals surface area contributed by atoms with E-state index >= 15 is 0 Å². The second-order valence-electron chi connectivity index (χ2n) is 3.54. The average molecular weight is 381 g/mol. The minimum Gasteiger partial charge on any atom is -0.248 e. The van der Waals surface area contributed by atoms with Crippen LogP contribution in [0.25, 0.3) is 11.1 Å². The maximum atomic E-state index is 12.9. The molecule has 0 aliphatic rings. The highest BCUT2D eigenvalue weighted by Crippen LogP contribution is 2.37. The largest absolute Gasteiger partial charge is 0.417 e. The molecule has 6 heteroatoms. The van der Waals surface area contributed by atoms with Gasteiger partial charge in [-0.25, -0.2) is 4.98 Å². The highest BCUT2D eigenvalue weighted by Gasteiger charge is 2.33. The van der Waals surface area contributed by atoms with Crippen LogP contribution in [0.5, 0.6) is 0 Å². The molecule has 0 spiro atoms. The van der Waals surface area contributed by atoms with Gasteiger partial charge in [-0.1, -0.05) is 18.2 Å². The highest BCUT2D eigenvalue weighted by atomic mass is 79.9. The number of rotatable bonds is 1. The van der Waals surface area contributed by atoms with Crippen molar-refractivity contribution in [1.82, 2.24) is 4.98 Å². The number of hydrogen-bond donors (Lipinski definition) is 0. The molecule has 0 saturated carbocycles. The number of aromatic nitrogens is 1. The van der Waals surface area contributed by atoms with E-state index in [1.807, 2.05) is 0 Å². The number of pyridine rings is 1. The fourth-order valence-electron chi connectivity index (χ4n) is 1.55. The van der Waals surface area contributed by atoms with E-state index in [2.05, 4.69) is 36.8 Å². The van der Waals surface area contributed by atoms with E-state index in [1.165, 1.54) is 18.3 Å². The Morgan fingerprint density at radius 1 is 1.06 bits per heavy atom. The first kappa shape index (κ1) is 13.5. The molecule has 0 atom stereocenters. The summed E-state index contributed by atoms with van der Waals surface area (Å²) in [5.41, 5.74) is -0.135. The lowest BCUT2D eigenvalue weighted by Crippen LogP contribution is -2.06. The lowest BCUT2D eigenvalue weighted by Gasteiger charge is -2.12. The molecule has 2 rings (SSSR count).